The lowest BCUT2D eigenvalue weighted by Crippen LogP contribution is -2.58. The molecule has 2 fully saturated rings. The van der Waals surface area contributed by atoms with E-state index >= 15 is 0 Å². The number of likely N-dealkylation sites (N-methyl/N-ethyl adjacent to an activating group) is 1. The molecule has 0 aromatic heterocycles. The van der Waals surface area contributed by atoms with Gasteiger partial charge in [-0.15, -0.1) is 36.4 Å². The molecule has 0 bridgehead atoms. The third-order valence-electron chi connectivity index (χ3n) is 6.82. The molecular formula is C23H32Cl4N2O. The Morgan fingerprint density at radius 3 is 2.37 bits per heavy atom. The van der Waals surface area contributed by atoms with E-state index in [9.17, 15) is 5.11 Å². The molecule has 2 aliphatic carbocycles. The van der Waals surface area contributed by atoms with Gasteiger partial charge in [-0.3, -0.25) is 0 Å². The Kier molecular flexibility index (Phi) is 9.16. The zero-order valence-corrected chi connectivity index (χ0v) is 20.5. The van der Waals surface area contributed by atoms with Gasteiger partial charge in [0.25, 0.3) is 0 Å². The van der Waals surface area contributed by atoms with E-state index in [1.807, 2.05) is 18.2 Å². The molecule has 1 aromatic carbocycles. The normalized spacial score (nSPS) is 27.3. The van der Waals surface area contributed by atoms with E-state index in [4.69, 9.17) is 23.2 Å². The summed E-state index contributed by atoms with van der Waals surface area (Å²) in [6.07, 6.45) is 9.99. The summed E-state index contributed by atoms with van der Waals surface area (Å²) in [5.74, 6) is 0.0345. The number of alkyl halides is 1. The Hall–Kier alpha value is -0.260. The molecule has 1 saturated heterocycles. The van der Waals surface area contributed by atoms with Crippen LogP contribution >= 0.6 is 48.0 Å². The highest BCUT2D eigenvalue weighted by atomic mass is 35.5. The summed E-state index contributed by atoms with van der Waals surface area (Å²) >= 11 is 13.4. The third-order valence-corrected chi connectivity index (χ3v) is 7.60. The van der Waals surface area contributed by atoms with Crippen molar-refractivity contribution in [2.45, 2.75) is 36.2 Å². The molecule has 0 radical (unpaired) electrons. The molecule has 0 amide bonds. The van der Waals surface area contributed by atoms with E-state index in [1.54, 1.807) is 0 Å². The standard InChI is InChI=1S/C23H30Cl2N2O.2ClH/c1-26-12-14-27(15-13-26)17-21(23(28)8-3-9-23)22(25)10-6-18(7-11-22)19-4-2-5-20(24)16-19;;/h2,4-7,10,16,21,28H,3,8-9,11-15,17H2,1H3;2*1H. The second-order valence-electron chi connectivity index (χ2n) is 8.75. The summed E-state index contributed by atoms with van der Waals surface area (Å²) in [7, 11) is 2.17. The highest BCUT2D eigenvalue weighted by Gasteiger charge is 2.51. The van der Waals surface area contributed by atoms with Gasteiger partial charge >= 0.3 is 0 Å². The minimum atomic E-state index is -0.642. The molecule has 1 saturated carbocycles. The molecule has 2 atom stereocenters. The molecule has 4 rings (SSSR count). The number of piperazine rings is 1. The molecule has 7 heteroatoms. The number of hydrogen-bond donors (Lipinski definition) is 1. The number of benzene rings is 1. The molecule has 1 aromatic rings. The van der Waals surface area contributed by atoms with Crippen molar-refractivity contribution in [1.29, 1.82) is 0 Å². The van der Waals surface area contributed by atoms with Gasteiger partial charge in [0.1, 0.15) is 0 Å². The first-order chi connectivity index (χ1) is 13.4. The topological polar surface area (TPSA) is 26.7 Å². The number of allylic oxidation sites excluding steroid dienone is 4. The monoisotopic (exact) mass is 492 g/mol. The van der Waals surface area contributed by atoms with Crippen LogP contribution < -0.4 is 0 Å². The van der Waals surface area contributed by atoms with Crippen LogP contribution in [0, 0.1) is 5.92 Å². The number of nitrogens with zero attached hydrogens (tertiary/aromatic N) is 2. The van der Waals surface area contributed by atoms with Gasteiger partial charge in [-0.05, 0) is 56.0 Å². The van der Waals surface area contributed by atoms with Crippen LogP contribution in [0.2, 0.25) is 5.02 Å². The molecular weight excluding hydrogens is 462 g/mol. The highest BCUT2D eigenvalue weighted by molar-refractivity contribution is 6.30. The average molecular weight is 494 g/mol. The van der Waals surface area contributed by atoms with Crippen LogP contribution in [-0.2, 0) is 0 Å². The fourth-order valence-corrected chi connectivity index (χ4v) is 5.32. The first-order valence-corrected chi connectivity index (χ1v) is 11.1. The second kappa shape index (κ2) is 10.6. The Morgan fingerprint density at radius 1 is 1.13 bits per heavy atom. The lowest BCUT2D eigenvalue weighted by molar-refractivity contribution is -0.102. The number of hydrogen-bond acceptors (Lipinski definition) is 3. The number of aliphatic hydroxyl groups is 1. The molecule has 3 aliphatic rings. The minimum absolute atomic E-state index is 0. The van der Waals surface area contributed by atoms with Crippen LogP contribution in [0.15, 0.2) is 42.5 Å². The van der Waals surface area contributed by atoms with Crippen molar-refractivity contribution in [3.63, 3.8) is 0 Å². The van der Waals surface area contributed by atoms with Gasteiger partial charge in [0, 0.05) is 43.7 Å². The van der Waals surface area contributed by atoms with Crippen LogP contribution in [-0.4, -0.2) is 65.2 Å². The second-order valence-corrected chi connectivity index (χ2v) is 9.89. The van der Waals surface area contributed by atoms with Crippen molar-refractivity contribution in [2.75, 3.05) is 39.8 Å². The van der Waals surface area contributed by atoms with Crippen molar-refractivity contribution >= 4 is 53.6 Å². The molecule has 1 aliphatic heterocycles. The van der Waals surface area contributed by atoms with Crippen molar-refractivity contribution in [1.82, 2.24) is 9.80 Å². The maximum absolute atomic E-state index is 11.3. The van der Waals surface area contributed by atoms with Crippen molar-refractivity contribution in [2.24, 2.45) is 5.92 Å². The lowest BCUT2D eigenvalue weighted by Gasteiger charge is -2.51. The van der Waals surface area contributed by atoms with Crippen molar-refractivity contribution in [3.8, 4) is 0 Å². The summed E-state index contributed by atoms with van der Waals surface area (Å²) in [6, 6.07) is 7.93. The molecule has 3 nitrogen and oxygen atoms in total. The SMILES string of the molecule is CN1CCN(CC(C2(Cl)C=CC(c3cccc(Cl)c3)=CC2)C2(O)CCC2)CC1.Cl.Cl. The Labute approximate surface area is 202 Å². The van der Waals surface area contributed by atoms with Gasteiger partial charge in [0.05, 0.1) is 10.5 Å². The van der Waals surface area contributed by atoms with Gasteiger partial charge in [-0.1, -0.05) is 42.0 Å². The van der Waals surface area contributed by atoms with Crippen molar-refractivity contribution in [3.05, 3.63) is 53.1 Å². The molecule has 30 heavy (non-hydrogen) atoms. The van der Waals surface area contributed by atoms with Crippen LogP contribution in [0.1, 0.15) is 31.2 Å². The highest BCUT2D eigenvalue weighted by Crippen LogP contribution is 2.49. The van der Waals surface area contributed by atoms with Gasteiger partial charge in [-0.2, -0.15) is 0 Å². The predicted molar refractivity (Wildman–Crippen MR) is 132 cm³/mol. The number of halogens is 4. The van der Waals surface area contributed by atoms with E-state index in [1.165, 1.54) is 0 Å². The molecule has 2 unspecified atom stereocenters. The summed E-state index contributed by atoms with van der Waals surface area (Å²) in [4.78, 5) is 4.30. The first kappa shape index (κ1) is 26.0. The van der Waals surface area contributed by atoms with Gasteiger partial charge in [0.2, 0.25) is 0 Å². The lowest BCUT2D eigenvalue weighted by atomic mass is 9.64. The van der Waals surface area contributed by atoms with Gasteiger partial charge in [-0.25, -0.2) is 0 Å². The maximum atomic E-state index is 11.3. The first-order valence-electron chi connectivity index (χ1n) is 10.4. The minimum Gasteiger partial charge on any atom is -0.389 e. The summed E-state index contributed by atoms with van der Waals surface area (Å²) in [5.41, 5.74) is 1.62. The van der Waals surface area contributed by atoms with Crippen LogP contribution in [0.25, 0.3) is 5.57 Å². The third kappa shape index (κ3) is 5.56. The van der Waals surface area contributed by atoms with E-state index in [-0.39, 0.29) is 30.7 Å². The van der Waals surface area contributed by atoms with Gasteiger partial charge < -0.3 is 14.9 Å². The molecule has 0 spiro atoms. The van der Waals surface area contributed by atoms with Crippen molar-refractivity contribution < 1.29 is 5.11 Å². The summed E-state index contributed by atoms with van der Waals surface area (Å²) < 4.78 is 0. The van der Waals surface area contributed by atoms with E-state index in [0.717, 1.165) is 74.6 Å². The van der Waals surface area contributed by atoms with Gasteiger partial charge in [0.15, 0.2) is 0 Å². The van der Waals surface area contributed by atoms with Crippen LogP contribution in [0.3, 0.4) is 0 Å². The smallest absolute Gasteiger partial charge is 0.0731 e. The van der Waals surface area contributed by atoms with E-state index in [2.05, 4.69) is 41.1 Å². The summed E-state index contributed by atoms with van der Waals surface area (Å²) in [5, 5.41) is 12.0. The van der Waals surface area contributed by atoms with Crippen LogP contribution in [0.4, 0.5) is 0 Å². The molecule has 168 valence electrons. The fourth-order valence-electron chi connectivity index (χ4n) is 4.72. The quantitative estimate of drug-likeness (QED) is 0.565. The predicted octanol–water partition coefficient (Wildman–Crippen LogP) is 5.28. The van der Waals surface area contributed by atoms with E-state index in [0.29, 0.717) is 0 Å². The zero-order valence-electron chi connectivity index (χ0n) is 17.4. The summed E-state index contributed by atoms with van der Waals surface area (Å²) in [6.45, 7) is 5.11. The van der Waals surface area contributed by atoms with Crippen LogP contribution in [0.5, 0.6) is 0 Å². The molecule has 1 N–H and O–H groups in total. The Morgan fingerprint density at radius 2 is 1.83 bits per heavy atom. The zero-order chi connectivity index (χ0) is 19.8. The Bertz CT molecular complexity index is 772. The average Bonchev–Trinajstić information content (AvgIpc) is 2.66. The fraction of sp³-hybridized carbons (Fsp3) is 0.565. The van der Waals surface area contributed by atoms with E-state index < -0.39 is 10.5 Å². The molecule has 1 heterocycles. The maximum Gasteiger partial charge on any atom is 0.0731 e. The Balaban J connectivity index is 0.00000160. The largest absolute Gasteiger partial charge is 0.389 e. The number of rotatable bonds is 5.